The van der Waals surface area contributed by atoms with Crippen molar-refractivity contribution in [3.05, 3.63) is 65.2 Å². The molecule has 0 bridgehead atoms. The van der Waals surface area contributed by atoms with E-state index >= 15 is 0 Å². The molecule has 0 aliphatic carbocycles. The van der Waals surface area contributed by atoms with Gasteiger partial charge in [0.1, 0.15) is 12.3 Å². The smallest absolute Gasteiger partial charge is 0.384 e. The van der Waals surface area contributed by atoms with Crippen LogP contribution in [0.3, 0.4) is 0 Å². The number of halogens is 3. The largest absolute Gasteiger partial charge is 0.416 e. The highest BCUT2D eigenvalue weighted by Gasteiger charge is 2.30. The highest BCUT2D eigenvalue weighted by molar-refractivity contribution is 6.04. The summed E-state index contributed by atoms with van der Waals surface area (Å²) < 4.78 is 38.3. The summed E-state index contributed by atoms with van der Waals surface area (Å²) in [6.07, 6.45) is -4.96. The fraction of sp³-hybridized carbons (Fsp3) is 0.211. The number of hydrogen-bond donors (Lipinski definition) is 4. The number of amides is 2. The Morgan fingerprint density at radius 3 is 2.32 bits per heavy atom. The molecule has 0 spiro atoms. The molecule has 2 amide bonds. The lowest BCUT2D eigenvalue weighted by atomic mass is 10.0. The maximum absolute atomic E-state index is 12.8. The van der Waals surface area contributed by atoms with Gasteiger partial charge >= 0.3 is 6.18 Å². The molecular weight excluding hydrogens is 373 g/mol. The second kappa shape index (κ2) is 8.55. The van der Waals surface area contributed by atoms with Crippen LogP contribution < -0.4 is 16.4 Å². The van der Waals surface area contributed by atoms with Gasteiger partial charge in [0.05, 0.1) is 11.6 Å². The number of nitrogens with one attached hydrogen (secondary N) is 3. The molecule has 6 nitrogen and oxygen atoms in total. The summed E-state index contributed by atoms with van der Waals surface area (Å²) in [7, 11) is 0. The van der Waals surface area contributed by atoms with Gasteiger partial charge in [-0.25, -0.2) is 0 Å². The SMILES string of the molecule is CC(NC(=O)CC(=O)Nc1ccc(C(=N)N)cc1)c1cccc(C(F)(F)F)c1. The molecule has 0 saturated carbocycles. The topological polar surface area (TPSA) is 108 Å². The van der Waals surface area contributed by atoms with Crippen LogP contribution in [0.4, 0.5) is 18.9 Å². The lowest BCUT2D eigenvalue weighted by molar-refractivity contribution is -0.137. The Labute approximate surface area is 159 Å². The maximum atomic E-state index is 12.8. The number of nitrogen functional groups attached to an aromatic ring is 1. The van der Waals surface area contributed by atoms with Crippen molar-refractivity contribution in [1.82, 2.24) is 5.32 Å². The van der Waals surface area contributed by atoms with Gasteiger partial charge < -0.3 is 16.4 Å². The number of carbonyl (C=O) groups excluding carboxylic acids is 2. The van der Waals surface area contributed by atoms with Crippen molar-refractivity contribution in [2.45, 2.75) is 25.6 Å². The van der Waals surface area contributed by atoms with Crippen molar-refractivity contribution in [2.75, 3.05) is 5.32 Å². The van der Waals surface area contributed by atoms with Crippen LogP contribution in [0, 0.1) is 5.41 Å². The van der Waals surface area contributed by atoms with Crippen LogP contribution in [-0.2, 0) is 15.8 Å². The molecule has 148 valence electrons. The van der Waals surface area contributed by atoms with Crippen LogP contribution in [0.2, 0.25) is 0 Å². The van der Waals surface area contributed by atoms with Gasteiger partial charge in [-0.1, -0.05) is 12.1 Å². The van der Waals surface area contributed by atoms with E-state index in [9.17, 15) is 22.8 Å². The number of nitrogens with two attached hydrogens (primary N) is 1. The zero-order valence-electron chi connectivity index (χ0n) is 14.9. The third-order valence-electron chi connectivity index (χ3n) is 3.89. The average Bonchev–Trinajstić information content (AvgIpc) is 2.61. The highest BCUT2D eigenvalue weighted by Crippen LogP contribution is 2.30. The first-order valence-corrected chi connectivity index (χ1v) is 8.27. The van der Waals surface area contributed by atoms with Crippen molar-refractivity contribution in [3.63, 3.8) is 0 Å². The van der Waals surface area contributed by atoms with Crippen LogP contribution in [-0.4, -0.2) is 17.6 Å². The number of hydrogen-bond acceptors (Lipinski definition) is 3. The lowest BCUT2D eigenvalue weighted by Gasteiger charge is -2.16. The summed E-state index contributed by atoms with van der Waals surface area (Å²) in [4.78, 5) is 24.0. The van der Waals surface area contributed by atoms with Crippen molar-refractivity contribution >= 4 is 23.3 Å². The van der Waals surface area contributed by atoms with E-state index in [4.69, 9.17) is 11.1 Å². The predicted molar refractivity (Wildman–Crippen MR) is 98.7 cm³/mol. The van der Waals surface area contributed by atoms with Gasteiger partial charge in [-0.3, -0.25) is 15.0 Å². The monoisotopic (exact) mass is 392 g/mol. The Morgan fingerprint density at radius 2 is 1.75 bits per heavy atom. The molecule has 1 atom stereocenters. The highest BCUT2D eigenvalue weighted by atomic mass is 19.4. The van der Waals surface area contributed by atoms with E-state index in [2.05, 4.69) is 10.6 Å². The molecular formula is C19H19F3N4O2. The first-order chi connectivity index (χ1) is 13.1. The molecule has 9 heteroatoms. The molecule has 28 heavy (non-hydrogen) atoms. The van der Waals surface area contributed by atoms with E-state index in [1.165, 1.54) is 31.2 Å². The Balaban J connectivity index is 1.92. The van der Waals surface area contributed by atoms with Gasteiger partial charge in [0.15, 0.2) is 0 Å². The van der Waals surface area contributed by atoms with Crippen LogP contribution >= 0.6 is 0 Å². The van der Waals surface area contributed by atoms with Gasteiger partial charge in [-0.05, 0) is 48.9 Å². The predicted octanol–water partition coefficient (Wildman–Crippen LogP) is 3.20. The van der Waals surface area contributed by atoms with E-state index in [0.29, 0.717) is 11.3 Å². The van der Waals surface area contributed by atoms with Crippen LogP contribution in [0.5, 0.6) is 0 Å². The van der Waals surface area contributed by atoms with Crippen molar-refractivity contribution < 1.29 is 22.8 Å². The van der Waals surface area contributed by atoms with Crippen molar-refractivity contribution in [3.8, 4) is 0 Å². The third-order valence-corrected chi connectivity index (χ3v) is 3.89. The number of carbonyl (C=O) groups is 2. The van der Waals surface area contributed by atoms with Gasteiger partial charge in [0.2, 0.25) is 11.8 Å². The molecule has 0 aromatic heterocycles. The summed E-state index contributed by atoms with van der Waals surface area (Å²) in [5, 5.41) is 12.3. The molecule has 1 unspecified atom stereocenters. The summed E-state index contributed by atoms with van der Waals surface area (Å²) in [5.41, 5.74) is 5.73. The quantitative estimate of drug-likeness (QED) is 0.344. The summed E-state index contributed by atoms with van der Waals surface area (Å²) >= 11 is 0. The van der Waals surface area contributed by atoms with E-state index in [1.807, 2.05) is 0 Å². The molecule has 5 N–H and O–H groups in total. The minimum atomic E-state index is -4.47. The van der Waals surface area contributed by atoms with Gasteiger partial charge in [0, 0.05) is 11.3 Å². The second-order valence-corrected chi connectivity index (χ2v) is 6.13. The summed E-state index contributed by atoms with van der Waals surface area (Å²) in [6.45, 7) is 1.53. The molecule has 0 saturated heterocycles. The molecule has 2 rings (SSSR count). The number of amidine groups is 1. The van der Waals surface area contributed by atoms with E-state index < -0.39 is 36.0 Å². The van der Waals surface area contributed by atoms with Crippen LogP contribution in [0.1, 0.15) is 36.1 Å². The summed E-state index contributed by atoms with van der Waals surface area (Å²) in [6, 6.07) is 10.1. The fourth-order valence-corrected chi connectivity index (χ4v) is 2.44. The zero-order chi connectivity index (χ0) is 20.9. The lowest BCUT2D eigenvalue weighted by Crippen LogP contribution is -2.30. The van der Waals surface area contributed by atoms with Crippen molar-refractivity contribution in [1.29, 1.82) is 5.41 Å². The summed E-state index contributed by atoms with van der Waals surface area (Å²) in [5.74, 6) is -1.31. The van der Waals surface area contributed by atoms with E-state index in [-0.39, 0.29) is 11.4 Å². The Hall–Kier alpha value is -3.36. The second-order valence-electron chi connectivity index (χ2n) is 6.13. The Bertz CT molecular complexity index is 879. The minimum absolute atomic E-state index is 0.110. The average molecular weight is 392 g/mol. The standard InChI is InChI=1S/C19H19F3N4O2/c1-11(13-3-2-4-14(9-13)19(20,21)22)25-16(27)10-17(28)26-15-7-5-12(6-8-15)18(23)24/h2-9,11H,10H2,1H3,(H3,23,24)(H,25,27)(H,26,28). The molecule has 0 heterocycles. The van der Waals surface area contributed by atoms with Gasteiger partial charge in [-0.2, -0.15) is 13.2 Å². The maximum Gasteiger partial charge on any atom is 0.416 e. The van der Waals surface area contributed by atoms with E-state index in [0.717, 1.165) is 12.1 Å². The first kappa shape index (κ1) is 20.9. The minimum Gasteiger partial charge on any atom is -0.384 e. The Morgan fingerprint density at radius 1 is 1.11 bits per heavy atom. The van der Waals surface area contributed by atoms with E-state index in [1.54, 1.807) is 12.1 Å². The number of benzene rings is 2. The van der Waals surface area contributed by atoms with Gasteiger partial charge in [0.25, 0.3) is 0 Å². The van der Waals surface area contributed by atoms with Gasteiger partial charge in [-0.15, -0.1) is 0 Å². The molecule has 0 aliphatic rings. The zero-order valence-corrected chi connectivity index (χ0v) is 14.9. The molecule has 0 aliphatic heterocycles. The third kappa shape index (κ3) is 5.83. The first-order valence-electron chi connectivity index (χ1n) is 8.27. The normalized spacial score (nSPS) is 12.1. The molecule has 0 fully saturated rings. The Kier molecular flexibility index (Phi) is 6.40. The van der Waals surface area contributed by atoms with Crippen LogP contribution in [0.15, 0.2) is 48.5 Å². The number of alkyl halides is 3. The molecule has 0 radical (unpaired) electrons. The number of anilines is 1. The molecule has 2 aromatic carbocycles. The molecule has 2 aromatic rings. The fourth-order valence-electron chi connectivity index (χ4n) is 2.44. The van der Waals surface area contributed by atoms with Crippen molar-refractivity contribution in [2.24, 2.45) is 5.73 Å². The van der Waals surface area contributed by atoms with Crippen LogP contribution in [0.25, 0.3) is 0 Å². The number of rotatable bonds is 6.